The highest BCUT2D eigenvalue weighted by Crippen LogP contribution is 2.25. The van der Waals surface area contributed by atoms with Gasteiger partial charge in [0.15, 0.2) is 11.6 Å². The molecule has 0 saturated carbocycles. The number of alkyl halides is 1. The van der Waals surface area contributed by atoms with Gasteiger partial charge in [0.2, 0.25) is 0 Å². The molecule has 2 rings (SSSR count). The average molecular weight is 255 g/mol. The Labute approximate surface area is 106 Å². The summed E-state index contributed by atoms with van der Waals surface area (Å²) in [6, 6.07) is 4.87. The van der Waals surface area contributed by atoms with Gasteiger partial charge < -0.3 is 10.1 Å². The summed E-state index contributed by atoms with van der Waals surface area (Å²) < 4.78 is 32.9. The van der Waals surface area contributed by atoms with Crippen molar-refractivity contribution in [2.45, 2.75) is 25.4 Å². The standard InChI is InChI=1S/C14H19F2NO/c1-18-13-6-2-4-10(14(13)16)8-12(15)11-5-3-7-17-9-11/h2,4,6,11-12,17H,3,5,7-9H2,1H3. The van der Waals surface area contributed by atoms with E-state index in [4.69, 9.17) is 4.74 Å². The summed E-state index contributed by atoms with van der Waals surface area (Å²) in [6.07, 6.45) is 0.986. The highest BCUT2D eigenvalue weighted by atomic mass is 19.1. The molecule has 100 valence electrons. The first kappa shape index (κ1) is 13.3. The summed E-state index contributed by atoms with van der Waals surface area (Å²) in [5.41, 5.74) is 0.396. The lowest BCUT2D eigenvalue weighted by molar-refractivity contribution is 0.189. The van der Waals surface area contributed by atoms with E-state index in [0.717, 1.165) is 19.4 Å². The van der Waals surface area contributed by atoms with Gasteiger partial charge in [0.1, 0.15) is 6.17 Å². The molecular formula is C14H19F2NO. The van der Waals surface area contributed by atoms with Crippen LogP contribution in [0.25, 0.3) is 0 Å². The zero-order valence-electron chi connectivity index (χ0n) is 10.6. The Morgan fingerprint density at radius 3 is 3.00 bits per heavy atom. The van der Waals surface area contributed by atoms with E-state index in [1.807, 2.05) is 0 Å². The number of halogens is 2. The molecule has 1 aliphatic rings. The molecule has 0 bridgehead atoms. The molecule has 1 aromatic rings. The molecule has 2 unspecified atom stereocenters. The van der Waals surface area contributed by atoms with E-state index >= 15 is 0 Å². The molecule has 1 saturated heterocycles. The minimum absolute atomic E-state index is 0.00986. The van der Waals surface area contributed by atoms with E-state index in [1.54, 1.807) is 18.2 Å². The Morgan fingerprint density at radius 2 is 2.33 bits per heavy atom. The molecule has 0 aromatic heterocycles. The number of rotatable bonds is 4. The quantitative estimate of drug-likeness (QED) is 0.893. The smallest absolute Gasteiger partial charge is 0.168 e. The van der Waals surface area contributed by atoms with Crippen LogP contribution in [0.3, 0.4) is 0 Å². The molecule has 2 nitrogen and oxygen atoms in total. The van der Waals surface area contributed by atoms with Crippen LogP contribution >= 0.6 is 0 Å². The minimum atomic E-state index is -1.00. The Bertz CT molecular complexity index is 391. The van der Waals surface area contributed by atoms with Crippen LogP contribution in [0.2, 0.25) is 0 Å². The third-order valence-corrected chi connectivity index (χ3v) is 3.52. The van der Waals surface area contributed by atoms with E-state index in [1.165, 1.54) is 7.11 Å². The second kappa shape index (κ2) is 6.14. The predicted molar refractivity (Wildman–Crippen MR) is 67.1 cm³/mol. The third kappa shape index (κ3) is 2.99. The monoisotopic (exact) mass is 255 g/mol. The zero-order chi connectivity index (χ0) is 13.0. The summed E-state index contributed by atoms with van der Waals surface area (Å²) in [5, 5.41) is 3.18. The van der Waals surface area contributed by atoms with Gasteiger partial charge in [0.25, 0.3) is 0 Å². The molecular weight excluding hydrogens is 236 g/mol. The topological polar surface area (TPSA) is 21.3 Å². The van der Waals surface area contributed by atoms with Gasteiger partial charge >= 0.3 is 0 Å². The molecule has 0 aliphatic carbocycles. The molecule has 0 amide bonds. The Morgan fingerprint density at radius 1 is 1.50 bits per heavy atom. The van der Waals surface area contributed by atoms with Gasteiger partial charge in [0, 0.05) is 18.9 Å². The highest BCUT2D eigenvalue weighted by molar-refractivity contribution is 5.31. The summed E-state index contributed by atoms with van der Waals surface area (Å²) in [6.45, 7) is 1.64. The van der Waals surface area contributed by atoms with Crippen molar-refractivity contribution in [3.8, 4) is 5.75 Å². The molecule has 2 atom stereocenters. The number of methoxy groups -OCH3 is 1. The molecule has 1 heterocycles. The van der Waals surface area contributed by atoms with Crippen LogP contribution < -0.4 is 10.1 Å². The van der Waals surface area contributed by atoms with Gasteiger partial charge in [-0.2, -0.15) is 0 Å². The molecule has 1 aromatic carbocycles. The van der Waals surface area contributed by atoms with Gasteiger partial charge in [-0.05, 0) is 31.0 Å². The number of ether oxygens (including phenoxy) is 1. The van der Waals surface area contributed by atoms with E-state index < -0.39 is 12.0 Å². The normalized spacial score (nSPS) is 21.6. The second-order valence-electron chi connectivity index (χ2n) is 4.76. The lowest BCUT2D eigenvalue weighted by Gasteiger charge is -2.26. The molecule has 1 fully saturated rings. The Kier molecular flexibility index (Phi) is 4.53. The number of nitrogens with one attached hydrogen (secondary N) is 1. The number of hydrogen-bond donors (Lipinski definition) is 1. The Balaban J connectivity index is 2.04. The van der Waals surface area contributed by atoms with Crippen LogP contribution in [0.4, 0.5) is 8.78 Å². The largest absolute Gasteiger partial charge is 0.494 e. The zero-order valence-corrected chi connectivity index (χ0v) is 10.6. The first-order valence-corrected chi connectivity index (χ1v) is 6.38. The average Bonchev–Trinajstić information content (AvgIpc) is 2.42. The maximum atomic E-state index is 14.1. The van der Waals surface area contributed by atoms with Crippen molar-refractivity contribution in [3.63, 3.8) is 0 Å². The first-order valence-electron chi connectivity index (χ1n) is 6.38. The van der Waals surface area contributed by atoms with E-state index in [9.17, 15) is 8.78 Å². The minimum Gasteiger partial charge on any atom is -0.494 e. The van der Waals surface area contributed by atoms with Gasteiger partial charge in [-0.1, -0.05) is 12.1 Å². The fourth-order valence-electron chi connectivity index (χ4n) is 2.44. The fraction of sp³-hybridized carbons (Fsp3) is 0.571. The van der Waals surface area contributed by atoms with Crippen molar-refractivity contribution >= 4 is 0 Å². The van der Waals surface area contributed by atoms with Crippen molar-refractivity contribution in [1.82, 2.24) is 5.32 Å². The van der Waals surface area contributed by atoms with Crippen molar-refractivity contribution in [3.05, 3.63) is 29.6 Å². The van der Waals surface area contributed by atoms with Gasteiger partial charge in [0.05, 0.1) is 7.11 Å². The maximum absolute atomic E-state index is 14.1. The van der Waals surface area contributed by atoms with Crippen molar-refractivity contribution in [2.75, 3.05) is 20.2 Å². The highest BCUT2D eigenvalue weighted by Gasteiger charge is 2.24. The number of hydrogen-bond acceptors (Lipinski definition) is 2. The van der Waals surface area contributed by atoms with E-state index in [-0.39, 0.29) is 18.1 Å². The van der Waals surface area contributed by atoms with Crippen molar-refractivity contribution < 1.29 is 13.5 Å². The van der Waals surface area contributed by atoms with Crippen LogP contribution in [0, 0.1) is 11.7 Å². The summed E-state index contributed by atoms with van der Waals surface area (Å²) in [7, 11) is 1.42. The number of benzene rings is 1. The lowest BCUT2D eigenvalue weighted by atomic mass is 9.91. The predicted octanol–water partition coefficient (Wildman–Crippen LogP) is 2.71. The van der Waals surface area contributed by atoms with Crippen LogP contribution in [-0.4, -0.2) is 26.4 Å². The third-order valence-electron chi connectivity index (χ3n) is 3.52. The van der Waals surface area contributed by atoms with Crippen LogP contribution in [0.15, 0.2) is 18.2 Å². The number of piperidine rings is 1. The molecule has 18 heavy (non-hydrogen) atoms. The summed E-state index contributed by atoms with van der Waals surface area (Å²) in [5.74, 6) is -0.266. The second-order valence-corrected chi connectivity index (χ2v) is 4.76. The first-order chi connectivity index (χ1) is 8.72. The van der Waals surface area contributed by atoms with Crippen molar-refractivity contribution in [1.29, 1.82) is 0 Å². The van der Waals surface area contributed by atoms with Gasteiger partial charge in [-0.15, -0.1) is 0 Å². The lowest BCUT2D eigenvalue weighted by Crippen LogP contribution is -2.35. The molecule has 1 N–H and O–H groups in total. The van der Waals surface area contributed by atoms with E-state index in [0.29, 0.717) is 12.1 Å². The van der Waals surface area contributed by atoms with Crippen molar-refractivity contribution in [2.24, 2.45) is 5.92 Å². The van der Waals surface area contributed by atoms with Gasteiger partial charge in [-0.25, -0.2) is 8.78 Å². The fourth-order valence-corrected chi connectivity index (χ4v) is 2.44. The van der Waals surface area contributed by atoms with Crippen LogP contribution in [0.5, 0.6) is 5.75 Å². The van der Waals surface area contributed by atoms with Gasteiger partial charge in [-0.3, -0.25) is 0 Å². The van der Waals surface area contributed by atoms with E-state index in [2.05, 4.69) is 5.32 Å². The molecule has 1 aliphatic heterocycles. The molecule has 0 radical (unpaired) electrons. The Hall–Kier alpha value is -1.16. The summed E-state index contributed by atoms with van der Waals surface area (Å²) in [4.78, 5) is 0. The van der Waals surface area contributed by atoms with Crippen LogP contribution in [0.1, 0.15) is 18.4 Å². The molecule has 0 spiro atoms. The maximum Gasteiger partial charge on any atom is 0.168 e. The SMILES string of the molecule is COc1cccc(CC(F)C2CCCNC2)c1F. The molecule has 4 heteroatoms. The van der Waals surface area contributed by atoms with Crippen LogP contribution in [-0.2, 0) is 6.42 Å². The summed E-state index contributed by atoms with van der Waals surface area (Å²) >= 11 is 0.